The minimum atomic E-state index is -0.105. The van der Waals surface area contributed by atoms with Gasteiger partial charge in [0.15, 0.2) is 0 Å². The van der Waals surface area contributed by atoms with Crippen LogP contribution in [0.4, 0.5) is 5.69 Å². The van der Waals surface area contributed by atoms with Gasteiger partial charge in [-0.1, -0.05) is 18.2 Å². The van der Waals surface area contributed by atoms with Crippen LogP contribution < -0.4 is 5.32 Å². The molecule has 110 valence electrons. The summed E-state index contributed by atoms with van der Waals surface area (Å²) in [6.45, 7) is 0. The Morgan fingerprint density at radius 3 is 2.68 bits per heavy atom. The molecule has 0 unspecified atom stereocenters. The van der Waals surface area contributed by atoms with Gasteiger partial charge in [-0.25, -0.2) is 4.98 Å². The van der Waals surface area contributed by atoms with Crippen LogP contribution in [0, 0.1) is 0 Å². The molecule has 1 heterocycles. The highest BCUT2D eigenvalue weighted by Crippen LogP contribution is 2.40. The summed E-state index contributed by atoms with van der Waals surface area (Å²) in [5.74, 6) is 1.63. The van der Waals surface area contributed by atoms with E-state index >= 15 is 0 Å². The second kappa shape index (κ2) is 4.98. The van der Waals surface area contributed by atoms with Crippen LogP contribution in [0.25, 0.3) is 11.0 Å². The molecule has 22 heavy (non-hydrogen) atoms. The van der Waals surface area contributed by atoms with Gasteiger partial charge in [-0.15, -0.1) is 0 Å². The summed E-state index contributed by atoms with van der Waals surface area (Å²) in [4.78, 5) is 17.1. The number of fused-ring (bicyclic) bond motifs is 1. The molecule has 4 nitrogen and oxygen atoms in total. The number of para-hydroxylation sites is 1. The van der Waals surface area contributed by atoms with E-state index in [1.54, 1.807) is 0 Å². The van der Waals surface area contributed by atoms with Crippen LogP contribution in [-0.2, 0) is 7.05 Å². The summed E-state index contributed by atoms with van der Waals surface area (Å²) in [6.07, 6.45) is 2.44. The molecule has 4 rings (SSSR count). The van der Waals surface area contributed by atoms with Gasteiger partial charge in [0.2, 0.25) is 0 Å². The summed E-state index contributed by atoms with van der Waals surface area (Å²) in [6, 6.07) is 15.2. The molecule has 3 aromatic rings. The Bertz CT molecular complexity index is 847. The van der Waals surface area contributed by atoms with Crippen LogP contribution in [0.1, 0.15) is 34.9 Å². The summed E-state index contributed by atoms with van der Waals surface area (Å²) < 4.78 is 2.14. The van der Waals surface area contributed by atoms with Crippen LogP contribution >= 0.6 is 0 Å². The van der Waals surface area contributed by atoms with E-state index in [0.29, 0.717) is 11.5 Å². The van der Waals surface area contributed by atoms with Crippen LogP contribution in [-0.4, -0.2) is 15.5 Å². The van der Waals surface area contributed by atoms with E-state index in [1.165, 1.54) is 12.8 Å². The smallest absolute Gasteiger partial charge is 0.255 e. The molecular weight excluding hydrogens is 274 g/mol. The lowest BCUT2D eigenvalue weighted by Gasteiger charge is -2.05. The third-order valence-corrected chi connectivity index (χ3v) is 4.15. The Morgan fingerprint density at radius 1 is 1.18 bits per heavy atom. The zero-order chi connectivity index (χ0) is 15.1. The maximum absolute atomic E-state index is 12.4. The van der Waals surface area contributed by atoms with Crippen molar-refractivity contribution in [2.45, 2.75) is 18.8 Å². The van der Waals surface area contributed by atoms with Gasteiger partial charge in [0.25, 0.3) is 5.91 Å². The number of aryl methyl sites for hydroxylation is 1. The maximum Gasteiger partial charge on any atom is 0.255 e. The van der Waals surface area contributed by atoms with Gasteiger partial charge >= 0.3 is 0 Å². The van der Waals surface area contributed by atoms with E-state index in [4.69, 9.17) is 4.98 Å². The average molecular weight is 291 g/mol. The first-order chi connectivity index (χ1) is 10.7. The molecule has 1 amide bonds. The van der Waals surface area contributed by atoms with Crippen LogP contribution in [0.2, 0.25) is 0 Å². The zero-order valence-electron chi connectivity index (χ0n) is 12.4. The Morgan fingerprint density at radius 2 is 1.95 bits per heavy atom. The Balaban J connectivity index is 1.66. The van der Waals surface area contributed by atoms with Crippen molar-refractivity contribution in [3.8, 4) is 0 Å². The second-order valence-corrected chi connectivity index (χ2v) is 5.83. The summed E-state index contributed by atoms with van der Waals surface area (Å²) in [5, 5.41) is 2.91. The lowest BCUT2D eigenvalue weighted by Crippen LogP contribution is -2.11. The van der Waals surface area contributed by atoms with E-state index in [1.807, 2.05) is 55.6 Å². The van der Waals surface area contributed by atoms with E-state index in [2.05, 4.69) is 9.88 Å². The van der Waals surface area contributed by atoms with Crippen molar-refractivity contribution in [3.63, 3.8) is 0 Å². The van der Waals surface area contributed by atoms with Gasteiger partial charge < -0.3 is 9.88 Å². The number of amides is 1. The van der Waals surface area contributed by atoms with Gasteiger partial charge in [0.1, 0.15) is 5.82 Å². The molecule has 1 N–H and O–H groups in total. The topological polar surface area (TPSA) is 46.9 Å². The Kier molecular flexibility index (Phi) is 2.96. The molecule has 1 aliphatic carbocycles. The SMILES string of the molecule is Cn1c(C2CC2)nc2cc(C(=O)Nc3ccccc3)ccc21. The summed E-state index contributed by atoms with van der Waals surface area (Å²) in [5.41, 5.74) is 3.41. The summed E-state index contributed by atoms with van der Waals surface area (Å²) in [7, 11) is 2.05. The van der Waals surface area contributed by atoms with E-state index in [9.17, 15) is 4.79 Å². The van der Waals surface area contributed by atoms with E-state index < -0.39 is 0 Å². The number of anilines is 1. The third-order valence-electron chi connectivity index (χ3n) is 4.15. The largest absolute Gasteiger partial charge is 0.331 e. The number of hydrogen-bond acceptors (Lipinski definition) is 2. The maximum atomic E-state index is 12.4. The predicted molar refractivity (Wildman–Crippen MR) is 87.1 cm³/mol. The fourth-order valence-electron chi connectivity index (χ4n) is 2.79. The molecule has 0 saturated heterocycles. The summed E-state index contributed by atoms with van der Waals surface area (Å²) >= 11 is 0. The monoisotopic (exact) mass is 291 g/mol. The molecule has 0 spiro atoms. The van der Waals surface area contributed by atoms with Crippen LogP contribution in [0.3, 0.4) is 0 Å². The minimum Gasteiger partial charge on any atom is -0.331 e. The van der Waals surface area contributed by atoms with Gasteiger partial charge in [-0.05, 0) is 43.2 Å². The highest BCUT2D eigenvalue weighted by Gasteiger charge is 2.28. The fourth-order valence-corrected chi connectivity index (χ4v) is 2.79. The lowest BCUT2D eigenvalue weighted by molar-refractivity contribution is 0.102. The first kappa shape index (κ1) is 13.1. The normalized spacial score (nSPS) is 14.2. The number of nitrogens with one attached hydrogen (secondary N) is 1. The molecule has 0 aliphatic heterocycles. The van der Waals surface area contributed by atoms with Crippen LogP contribution in [0.15, 0.2) is 48.5 Å². The Labute approximate surface area is 128 Å². The molecule has 2 aromatic carbocycles. The van der Waals surface area contributed by atoms with Crippen LogP contribution in [0.5, 0.6) is 0 Å². The third kappa shape index (κ3) is 2.26. The number of aromatic nitrogens is 2. The quantitative estimate of drug-likeness (QED) is 0.799. The molecule has 4 heteroatoms. The molecule has 1 saturated carbocycles. The van der Waals surface area contributed by atoms with Crippen molar-refractivity contribution in [2.24, 2.45) is 7.05 Å². The number of benzene rings is 2. The van der Waals surface area contributed by atoms with Gasteiger partial charge in [-0.2, -0.15) is 0 Å². The van der Waals surface area contributed by atoms with Crippen molar-refractivity contribution in [1.29, 1.82) is 0 Å². The van der Waals surface area contributed by atoms with Crippen molar-refractivity contribution in [3.05, 3.63) is 59.9 Å². The zero-order valence-corrected chi connectivity index (χ0v) is 12.4. The van der Waals surface area contributed by atoms with Gasteiger partial charge in [-0.3, -0.25) is 4.79 Å². The first-order valence-electron chi connectivity index (χ1n) is 7.55. The average Bonchev–Trinajstić information content (AvgIpc) is 3.33. The molecule has 0 atom stereocenters. The number of nitrogens with zero attached hydrogens (tertiary/aromatic N) is 2. The van der Waals surface area contributed by atoms with E-state index in [0.717, 1.165) is 22.5 Å². The molecule has 1 aliphatic rings. The first-order valence-corrected chi connectivity index (χ1v) is 7.55. The molecule has 0 radical (unpaired) electrons. The van der Waals surface area contributed by atoms with Gasteiger partial charge in [0, 0.05) is 24.2 Å². The van der Waals surface area contributed by atoms with Crippen molar-refractivity contribution in [1.82, 2.24) is 9.55 Å². The highest BCUT2D eigenvalue weighted by molar-refractivity contribution is 6.05. The van der Waals surface area contributed by atoms with E-state index in [-0.39, 0.29) is 5.91 Å². The minimum absolute atomic E-state index is 0.105. The second-order valence-electron chi connectivity index (χ2n) is 5.83. The number of carbonyl (C=O) groups is 1. The predicted octanol–water partition coefficient (Wildman–Crippen LogP) is 3.70. The molecular formula is C18H17N3O. The number of imidazole rings is 1. The van der Waals surface area contributed by atoms with Crippen molar-refractivity contribution >= 4 is 22.6 Å². The number of rotatable bonds is 3. The number of carbonyl (C=O) groups excluding carboxylic acids is 1. The molecule has 1 fully saturated rings. The molecule has 1 aromatic heterocycles. The van der Waals surface area contributed by atoms with Gasteiger partial charge in [0.05, 0.1) is 11.0 Å². The van der Waals surface area contributed by atoms with Crippen molar-refractivity contribution in [2.75, 3.05) is 5.32 Å². The standard InChI is InChI=1S/C18H17N3O/c1-21-16-10-9-13(11-15(16)20-17(21)12-7-8-12)18(22)19-14-5-3-2-4-6-14/h2-6,9-12H,7-8H2,1H3,(H,19,22). The Hall–Kier alpha value is -2.62. The fraction of sp³-hybridized carbons (Fsp3) is 0.222. The molecule has 0 bridgehead atoms. The highest BCUT2D eigenvalue weighted by atomic mass is 16.1. The number of hydrogen-bond donors (Lipinski definition) is 1. The lowest BCUT2D eigenvalue weighted by atomic mass is 10.2. The van der Waals surface area contributed by atoms with Crippen molar-refractivity contribution < 1.29 is 4.79 Å².